The van der Waals surface area contributed by atoms with Gasteiger partial charge in [-0.15, -0.1) is 0 Å². The van der Waals surface area contributed by atoms with Gasteiger partial charge >= 0.3 is 5.97 Å². The van der Waals surface area contributed by atoms with Gasteiger partial charge < -0.3 is 19.9 Å². The predicted molar refractivity (Wildman–Crippen MR) is 169 cm³/mol. The minimum atomic E-state index is -0.670. The number of hydrogen-bond acceptors (Lipinski definition) is 6. The molecule has 0 unspecified atom stereocenters. The number of carbonyl (C=O) groups is 4. The largest absolute Gasteiger partial charge is 0.461 e. The monoisotopic (exact) mass is 602 g/mol. The van der Waals surface area contributed by atoms with Crippen molar-refractivity contribution in [2.24, 2.45) is 11.8 Å². The molecule has 9 heteroatoms. The second-order valence-electron chi connectivity index (χ2n) is 14.0. The highest BCUT2D eigenvalue weighted by molar-refractivity contribution is 5.96. The van der Waals surface area contributed by atoms with E-state index in [0.717, 1.165) is 57.9 Å². The third kappa shape index (κ3) is 9.05. The predicted octanol–water partition coefficient (Wildman–Crippen LogP) is 4.69. The van der Waals surface area contributed by atoms with Crippen molar-refractivity contribution in [2.45, 2.75) is 149 Å². The quantitative estimate of drug-likeness (QED) is 0.272. The standard InChI is InChI=1S/C34H58N4O5/c1-22(2)29(21-25(7)32(40)38-20-14-18-28(38)34(42)43-26-15-10-9-11-16-26)36(8)33(41)30(23(3)4)35-31(39)27-17-12-13-19-37(27)24(5)6/h21-24,26-30H,9-20H2,1-8H3,(H,35,39)/t27-,28+,29-,30+/m1/s1. The molecular weight excluding hydrogens is 544 g/mol. The van der Waals surface area contributed by atoms with Gasteiger partial charge in [-0.3, -0.25) is 19.3 Å². The van der Waals surface area contributed by atoms with Crippen molar-refractivity contribution in [2.75, 3.05) is 20.1 Å². The molecule has 9 nitrogen and oxygen atoms in total. The van der Waals surface area contributed by atoms with Gasteiger partial charge in [0, 0.05) is 25.2 Å². The van der Waals surface area contributed by atoms with Gasteiger partial charge in [-0.05, 0) is 90.5 Å². The van der Waals surface area contributed by atoms with Crippen LogP contribution < -0.4 is 5.32 Å². The summed E-state index contributed by atoms with van der Waals surface area (Å²) in [5.41, 5.74) is 0.510. The molecule has 3 amide bonds. The molecule has 1 saturated carbocycles. The Morgan fingerprint density at radius 3 is 2.05 bits per heavy atom. The summed E-state index contributed by atoms with van der Waals surface area (Å²) in [6.07, 6.45) is 11.2. The zero-order chi connectivity index (χ0) is 31.8. The maximum absolute atomic E-state index is 13.9. The molecule has 244 valence electrons. The van der Waals surface area contributed by atoms with E-state index in [1.54, 1.807) is 23.8 Å². The van der Waals surface area contributed by atoms with Crippen LogP contribution in [0.15, 0.2) is 11.6 Å². The first kappa shape index (κ1) is 35.1. The minimum Gasteiger partial charge on any atom is -0.461 e. The maximum Gasteiger partial charge on any atom is 0.329 e. The molecule has 0 aromatic heterocycles. The van der Waals surface area contributed by atoms with Crippen molar-refractivity contribution >= 4 is 23.7 Å². The third-order valence-electron chi connectivity index (χ3n) is 9.60. The summed E-state index contributed by atoms with van der Waals surface area (Å²) in [7, 11) is 1.75. The Morgan fingerprint density at radius 1 is 0.814 bits per heavy atom. The lowest BCUT2D eigenvalue weighted by Crippen LogP contribution is -2.58. The average molecular weight is 603 g/mol. The maximum atomic E-state index is 13.9. The summed E-state index contributed by atoms with van der Waals surface area (Å²) < 4.78 is 5.83. The van der Waals surface area contributed by atoms with Crippen LogP contribution in [0, 0.1) is 11.8 Å². The molecule has 0 spiro atoms. The van der Waals surface area contributed by atoms with Gasteiger partial charge in [-0.1, -0.05) is 46.6 Å². The van der Waals surface area contributed by atoms with Crippen molar-refractivity contribution in [3.8, 4) is 0 Å². The van der Waals surface area contributed by atoms with Crippen LogP contribution in [0.5, 0.6) is 0 Å². The number of rotatable bonds is 11. The summed E-state index contributed by atoms with van der Waals surface area (Å²) in [5.74, 6) is -0.801. The van der Waals surface area contributed by atoms with Gasteiger partial charge in [0.15, 0.2) is 0 Å². The van der Waals surface area contributed by atoms with Crippen LogP contribution in [0.1, 0.15) is 113 Å². The molecule has 0 bridgehead atoms. The van der Waals surface area contributed by atoms with Crippen LogP contribution in [0.25, 0.3) is 0 Å². The van der Waals surface area contributed by atoms with E-state index in [-0.39, 0.29) is 59.8 Å². The van der Waals surface area contributed by atoms with Gasteiger partial charge in [0.25, 0.3) is 0 Å². The smallest absolute Gasteiger partial charge is 0.329 e. The van der Waals surface area contributed by atoms with Gasteiger partial charge in [0.1, 0.15) is 18.2 Å². The zero-order valence-corrected chi connectivity index (χ0v) is 28.1. The molecule has 4 atom stereocenters. The van der Waals surface area contributed by atoms with Crippen molar-refractivity contribution in [1.29, 1.82) is 0 Å². The molecule has 1 aliphatic carbocycles. The lowest BCUT2D eigenvalue weighted by molar-refractivity contribution is -0.158. The topological polar surface area (TPSA) is 99.3 Å². The molecule has 3 aliphatic rings. The SMILES string of the molecule is CC(=C[C@H](C(C)C)N(C)C(=O)[C@@H](NC(=O)[C@H]1CCCCN1C(C)C)C(C)C)C(=O)N1CCC[C@H]1C(=O)OC1CCCCC1. The molecule has 0 aromatic rings. The number of esters is 1. The van der Waals surface area contributed by atoms with Crippen LogP contribution in [-0.4, -0.2) is 94.8 Å². The molecular formula is C34H58N4O5. The number of nitrogens with one attached hydrogen (secondary N) is 1. The van der Waals surface area contributed by atoms with Gasteiger partial charge in [-0.25, -0.2) is 4.79 Å². The summed E-state index contributed by atoms with van der Waals surface area (Å²) in [5, 5.41) is 3.10. The highest BCUT2D eigenvalue weighted by atomic mass is 16.5. The average Bonchev–Trinajstić information content (AvgIpc) is 3.47. The Morgan fingerprint density at radius 2 is 1.44 bits per heavy atom. The number of carbonyl (C=O) groups excluding carboxylic acids is 4. The van der Waals surface area contributed by atoms with Crippen LogP contribution in [0.4, 0.5) is 0 Å². The fraction of sp³-hybridized carbons (Fsp3) is 0.824. The third-order valence-corrected chi connectivity index (χ3v) is 9.60. The van der Waals surface area contributed by atoms with E-state index in [9.17, 15) is 19.2 Å². The Bertz CT molecular complexity index is 1000. The number of amides is 3. The lowest BCUT2D eigenvalue weighted by atomic mass is 9.95. The molecule has 3 rings (SSSR count). The van der Waals surface area contributed by atoms with Crippen molar-refractivity contribution in [3.05, 3.63) is 11.6 Å². The van der Waals surface area contributed by atoms with Crippen molar-refractivity contribution in [1.82, 2.24) is 20.0 Å². The number of likely N-dealkylation sites (tertiary alicyclic amines) is 2. The highest BCUT2D eigenvalue weighted by Gasteiger charge is 2.39. The number of likely N-dealkylation sites (N-methyl/N-ethyl adjacent to an activating group) is 1. The first-order chi connectivity index (χ1) is 20.3. The van der Waals surface area contributed by atoms with Gasteiger partial charge in [0.05, 0.1) is 12.1 Å². The summed E-state index contributed by atoms with van der Waals surface area (Å²) in [6, 6.07) is -1.55. The first-order valence-corrected chi connectivity index (χ1v) is 16.9. The van der Waals surface area contributed by atoms with Crippen molar-refractivity contribution < 1.29 is 23.9 Å². The molecule has 43 heavy (non-hydrogen) atoms. The van der Waals surface area contributed by atoms with Crippen LogP contribution in [0.3, 0.4) is 0 Å². The van der Waals surface area contributed by atoms with Gasteiger partial charge in [-0.2, -0.15) is 0 Å². The second-order valence-corrected chi connectivity index (χ2v) is 14.0. The molecule has 1 N–H and O–H groups in total. The van der Waals surface area contributed by atoms with E-state index in [4.69, 9.17) is 4.74 Å². The van der Waals surface area contributed by atoms with E-state index in [0.29, 0.717) is 18.5 Å². The van der Waals surface area contributed by atoms with Crippen LogP contribution in [-0.2, 0) is 23.9 Å². The summed E-state index contributed by atoms with van der Waals surface area (Å²) >= 11 is 0. The molecule has 2 saturated heterocycles. The molecule has 2 heterocycles. The lowest BCUT2D eigenvalue weighted by Gasteiger charge is -2.39. The Balaban J connectivity index is 1.71. The van der Waals surface area contributed by atoms with E-state index in [1.807, 2.05) is 33.8 Å². The first-order valence-electron chi connectivity index (χ1n) is 16.9. The van der Waals surface area contributed by atoms with E-state index >= 15 is 0 Å². The molecule has 3 fully saturated rings. The normalized spacial score (nSPS) is 23.9. The Hall–Kier alpha value is -2.42. The van der Waals surface area contributed by atoms with Crippen LogP contribution >= 0.6 is 0 Å². The molecule has 0 radical (unpaired) electrons. The highest BCUT2D eigenvalue weighted by Crippen LogP contribution is 2.26. The van der Waals surface area contributed by atoms with E-state index in [2.05, 4.69) is 24.1 Å². The minimum absolute atomic E-state index is 0.0284. The van der Waals surface area contributed by atoms with Crippen molar-refractivity contribution in [3.63, 3.8) is 0 Å². The summed E-state index contributed by atoms with van der Waals surface area (Å²) in [4.78, 5) is 59.6. The Labute approximate surface area is 260 Å². The summed E-state index contributed by atoms with van der Waals surface area (Å²) in [6.45, 7) is 15.3. The fourth-order valence-corrected chi connectivity index (χ4v) is 6.97. The number of piperidine rings is 1. The number of ether oxygens (including phenoxy) is 1. The Kier molecular flexibility index (Phi) is 13.1. The van der Waals surface area contributed by atoms with E-state index in [1.165, 1.54) is 6.42 Å². The molecule has 0 aromatic carbocycles. The second kappa shape index (κ2) is 16.1. The number of nitrogens with zero attached hydrogens (tertiary/aromatic N) is 3. The fourth-order valence-electron chi connectivity index (χ4n) is 6.97. The van der Waals surface area contributed by atoms with Crippen LogP contribution in [0.2, 0.25) is 0 Å². The number of hydrogen-bond donors (Lipinski definition) is 1. The molecule has 2 aliphatic heterocycles. The zero-order valence-electron chi connectivity index (χ0n) is 28.1. The van der Waals surface area contributed by atoms with Gasteiger partial charge in [0.2, 0.25) is 17.7 Å². The van der Waals surface area contributed by atoms with E-state index < -0.39 is 12.1 Å².